The number of rotatable bonds is 3. The second-order valence-corrected chi connectivity index (χ2v) is 7.44. The maximum Gasteiger partial charge on any atom is 0.523 e. The minimum Gasteiger partial charge on any atom is -0.299 e. The summed E-state index contributed by atoms with van der Waals surface area (Å²) < 4.78 is 62.7. The Kier molecular flexibility index (Phi) is 3.06. The number of alkyl halides is 3. The summed E-state index contributed by atoms with van der Waals surface area (Å²) in [5.74, 6) is -0.0942. The molecule has 2 rings (SSSR count). The smallest absolute Gasteiger partial charge is 0.299 e. The average Bonchev–Trinajstić information content (AvgIpc) is 2.58. The topological polar surface area (TPSA) is 60.4 Å². The molecule has 0 aromatic heterocycles. The lowest BCUT2D eigenvalue weighted by atomic mass is 9.69. The van der Waals surface area contributed by atoms with Crippen LogP contribution in [0.4, 0.5) is 13.2 Å². The lowest BCUT2D eigenvalue weighted by Gasteiger charge is -2.35. The normalized spacial score (nSPS) is 33.9. The average molecular weight is 300 g/mol. The molecule has 4 nitrogen and oxygen atoms in total. The maximum atomic E-state index is 12.2. The van der Waals surface area contributed by atoms with Crippen molar-refractivity contribution >= 4 is 15.9 Å². The molecule has 19 heavy (non-hydrogen) atoms. The molecule has 2 bridgehead atoms. The van der Waals surface area contributed by atoms with Crippen molar-refractivity contribution in [1.82, 2.24) is 0 Å². The zero-order valence-corrected chi connectivity index (χ0v) is 11.4. The van der Waals surface area contributed by atoms with Gasteiger partial charge in [0.05, 0.1) is 12.0 Å². The number of Topliss-reactive ketones (excluding diaryl/α,β-unsaturated/α-hetero) is 1. The third-order valence-electron chi connectivity index (χ3n) is 4.88. The van der Waals surface area contributed by atoms with Gasteiger partial charge in [-0.25, -0.2) is 0 Å². The van der Waals surface area contributed by atoms with Gasteiger partial charge in [0.15, 0.2) is 0 Å². The molecule has 0 radical (unpaired) electrons. The number of hydrogen-bond donors (Lipinski definition) is 0. The second kappa shape index (κ2) is 3.94. The first-order valence-electron chi connectivity index (χ1n) is 5.93. The molecule has 2 unspecified atom stereocenters. The summed E-state index contributed by atoms with van der Waals surface area (Å²) in [5, 5.41) is 0. The van der Waals surface area contributed by atoms with Gasteiger partial charge in [-0.3, -0.25) is 8.98 Å². The van der Waals surface area contributed by atoms with Crippen LogP contribution in [0.1, 0.15) is 33.1 Å². The number of hydrogen-bond acceptors (Lipinski definition) is 4. The van der Waals surface area contributed by atoms with Crippen LogP contribution in [0.15, 0.2) is 0 Å². The predicted molar refractivity (Wildman–Crippen MR) is 59.5 cm³/mol. The number of halogens is 3. The summed E-state index contributed by atoms with van der Waals surface area (Å²) in [6.45, 7) is 2.87. The first-order valence-corrected chi connectivity index (χ1v) is 7.34. The van der Waals surface area contributed by atoms with E-state index in [0.29, 0.717) is 19.3 Å². The summed E-state index contributed by atoms with van der Waals surface area (Å²) in [7, 11) is -5.64. The zero-order chi connectivity index (χ0) is 14.7. The molecule has 2 aliphatic carbocycles. The van der Waals surface area contributed by atoms with Gasteiger partial charge < -0.3 is 0 Å². The molecule has 0 aromatic rings. The van der Waals surface area contributed by atoms with Crippen molar-refractivity contribution in [3.63, 3.8) is 0 Å². The van der Waals surface area contributed by atoms with Crippen LogP contribution < -0.4 is 0 Å². The molecular formula is C11H15F3O4S. The monoisotopic (exact) mass is 300 g/mol. The Bertz CT molecular complexity index is 509. The van der Waals surface area contributed by atoms with E-state index in [-0.39, 0.29) is 11.7 Å². The zero-order valence-electron chi connectivity index (χ0n) is 10.6. The minimum absolute atomic E-state index is 0.0946. The van der Waals surface area contributed by atoms with E-state index in [0.717, 1.165) is 0 Å². The molecule has 2 aliphatic rings. The molecule has 2 fully saturated rings. The van der Waals surface area contributed by atoms with Crippen LogP contribution in [0, 0.1) is 16.7 Å². The van der Waals surface area contributed by atoms with Gasteiger partial charge in [-0.2, -0.15) is 21.6 Å². The van der Waals surface area contributed by atoms with Gasteiger partial charge in [0.1, 0.15) is 5.78 Å². The lowest BCUT2D eigenvalue weighted by molar-refractivity contribution is -0.132. The summed E-state index contributed by atoms with van der Waals surface area (Å²) in [5.41, 5.74) is -7.07. The molecule has 110 valence electrons. The van der Waals surface area contributed by atoms with Crippen molar-refractivity contribution in [2.24, 2.45) is 16.7 Å². The minimum atomic E-state index is -5.64. The van der Waals surface area contributed by atoms with Gasteiger partial charge in [0.2, 0.25) is 0 Å². The molecule has 8 heteroatoms. The number of carbonyl (C=O) groups excluding carboxylic acids is 1. The van der Waals surface area contributed by atoms with E-state index in [9.17, 15) is 26.4 Å². The Morgan fingerprint density at radius 2 is 1.95 bits per heavy atom. The van der Waals surface area contributed by atoms with Crippen molar-refractivity contribution in [2.75, 3.05) is 6.61 Å². The van der Waals surface area contributed by atoms with Crippen LogP contribution in [0.25, 0.3) is 0 Å². The molecule has 0 N–H and O–H groups in total. The second-order valence-electron chi connectivity index (χ2n) is 5.83. The van der Waals surface area contributed by atoms with Crippen molar-refractivity contribution in [3.05, 3.63) is 0 Å². The van der Waals surface area contributed by atoms with E-state index in [1.54, 1.807) is 13.8 Å². The van der Waals surface area contributed by atoms with Gasteiger partial charge in [0, 0.05) is 6.42 Å². The Labute approximate surface area is 109 Å². The highest BCUT2D eigenvalue weighted by atomic mass is 32.2. The molecule has 0 heterocycles. The summed E-state index contributed by atoms with van der Waals surface area (Å²) in [6, 6.07) is 0. The lowest BCUT2D eigenvalue weighted by Crippen LogP contribution is -2.42. The first kappa shape index (κ1) is 14.8. The van der Waals surface area contributed by atoms with Gasteiger partial charge >= 0.3 is 15.6 Å². The highest BCUT2D eigenvalue weighted by Gasteiger charge is 2.65. The summed E-state index contributed by atoms with van der Waals surface area (Å²) in [6.07, 6.45) is 1.40. The molecule has 0 aliphatic heterocycles. The Morgan fingerprint density at radius 1 is 1.37 bits per heavy atom. The maximum absolute atomic E-state index is 12.2. The van der Waals surface area contributed by atoms with Crippen LogP contribution in [-0.2, 0) is 19.1 Å². The van der Waals surface area contributed by atoms with Crippen LogP contribution in [0.3, 0.4) is 0 Å². The molecule has 0 amide bonds. The fourth-order valence-corrected chi connectivity index (χ4v) is 3.84. The van der Waals surface area contributed by atoms with E-state index >= 15 is 0 Å². The van der Waals surface area contributed by atoms with Crippen LogP contribution in [0.5, 0.6) is 0 Å². The van der Waals surface area contributed by atoms with Crippen LogP contribution in [-0.4, -0.2) is 26.3 Å². The Hall–Kier alpha value is -0.630. The van der Waals surface area contributed by atoms with E-state index in [4.69, 9.17) is 0 Å². The molecule has 2 atom stereocenters. The SMILES string of the molecule is CC1(C)C2CCC1(COS(=O)(=O)C(F)(F)F)C(=O)C2. The third-order valence-corrected chi connectivity index (χ3v) is 5.88. The van der Waals surface area contributed by atoms with E-state index in [1.165, 1.54) is 0 Å². The standard InChI is InChI=1S/C11H15F3O4S/c1-9(2)7-3-4-10(9,8(15)5-7)6-18-19(16,17)11(12,13)14/h7H,3-6H2,1-2H3. The van der Waals surface area contributed by atoms with Crippen molar-refractivity contribution < 1.29 is 30.6 Å². The third kappa shape index (κ3) is 1.91. The quantitative estimate of drug-likeness (QED) is 0.592. The number of fused-ring (bicyclic) bond motifs is 2. The largest absolute Gasteiger partial charge is 0.523 e. The van der Waals surface area contributed by atoms with Crippen molar-refractivity contribution in [1.29, 1.82) is 0 Å². The number of carbonyl (C=O) groups is 1. The van der Waals surface area contributed by atoms with E-state index in [2.05, 4.69) is 4.18 Å². The number of ketones is 1. The molecule has 0 saturated heterocycles. The Morgan fingerprint density at radius 3 is 2.32 bits per heavy atom. The fourth-order valence-electron chi connectivity index (χ4n) is 3.35. The van der Waals surface area contributed by atoms with E-state index < -0.39 is 33.1 Å². The molecule has 0 aromatic carbocycles. The van der Waals surface area contributed by atoms with Crippen molar-refractivity contribution in [3.8, 4) is 0 Å². The molecular weight excluding hydrogens is 285 g/mol. The van der Waals surface area contributed by atoms with Crippen LogP contribution >= 0.6 is 0 Å². The Balaban J connectivity index is 2.22. The highest BCUT2D eigenvalue weighted by Crippen LogP contribution is 2.64. The van der Waals surface area contributed by atoms with Gasteiger partial charge in [-0.15, -0.1) is 0 Å². The highest BCUT2D eigenvalue weighted by molar-refractivity contribution is 7.87. The predicted octanol–water partition coefficient (Wildman–Crippen LogP) is 2.25. The van der Waals surface area contributed by atoms with Crippen LogP contribution in [0.2, 0.25) is 0 Å². The van der Waals surface area contributed by atoms with E-state index in [1.807, 2.05) is 0 Å². The summed E-state index contributed by atoms with van der Waals surface area (Å²) >= 11 is 0. The summed E-state index contributed by atoms with van der Waals surface area (Å²) in [4.78, 5) is 12.0. The molecule has 2 saturated carbocycles. The van der Waals surface area contributed by atoms with Gasteiger partial charge in [0.25, 0.3) is 0 Å². The molecule has 0 spiro atoms. The first-order chi connectivity index (χ1) is 8.44. The van der Waals surface area contributed by atoms with Crippen molar-refractivity contribution in [2.45, 2.75) is 38.6 Å². The van der Waals surface area contributed by atoms with Gasteiger partial charge in [-0.1, -0.05) is 13.8 Å². The van der Waals surface area contributed by atoms with Gasteiger partial charge in [-0.05, 0) is 24.2 Å². The fraction of sp³-hybridized carbons (Fsp3) is 0.909.